The predicted octanol–water partition coefficient (Wildman–Crippen LogP) is 3.21. The van der Waals surface area contributed by atoms with Crippen LogP contribution in [0.5, 0.6) is 5.75 Å². The second kappa shape index (κ2) is 8.96. The fourth-order valence-corrected chi connectivity index (χ4v) is 5.80. The molecule has 166 valence electrons. The quantitative estimate of drug-likeness (QED) is 0.708. The Hall–Kier alpha value is -2.45. The Bertz CT molecular complexity index is 1050. The summed E-state index contributed by atoms with van der Waals surface area (Å²) in [5, 5.41) is 0. The van der Waals surface area contributed by atoms with E-state index in [0.717, 1.165) is 29.9 Å². The molecular formula is C23H27FN2O4S. The van der Waals surface area contributed by atoms with Crippen LogP contribution < -0.4 is 4.74 Å². The molecule has 1 fully saturated rings. The zero-order chi connectivity index (χ0) is 22.0. The van der Waals surface area contributed by atoms with Gasteiger partial charge in [-0.15, -0.1) is 0 Å². The molecule has 0 aliphatic carbocycles. The number of fused-ring (bicyclic) bond motifs is 1. The van der Waals surface area contributed by atoms with Gasteiger partial charge in [-0.1, -0.05) is 6.07 Å². The van der Waals surface area contributed by atoms with Gasteiger partial charge in [-0.3, -0.25) is 4.79 Å². The first kappa shape index (κ1) is 21.8. The Morgan fingerprint density at radius 2 is 1.77 bits per heavy atom. The lowest BCUT2D eigenvalue weighted by Gasteiger charge is -2.35. The van der Waals surface area contributed by atoms with Crippen molar-refractivity contribution in [3.05, 3.63) is 59.4 Å². The fraction of sp³-hybridized carbons (Fsp3) is 0.435. The summed E-state index contributed by atoms with van der Waals surface area (Å²) in [5.41, 5.74) is 2.36. The van der Waals surface area contributed by atoms with Crippen molar-refractivity contribution in [3.8, 4) is 5.75 Å². The number of carbonyl (C=O) groups is 1. The Morgan fingerprint density at radius 1 is 1.06 bits per heavy atom. The Morgan fingerprint density at radius 3 is 2.45 bits per heavy atom. The molecule has 0 atom stereocenters. The number of benzene rings is 2. The van der Waals surface area contributed by atoms with Crippen LogP contribution in [0.15, 0.2) is 47.4 Å². The number of rotatable bonds is 5. The maximum absolute atomic E-state index is 13.1. The van der Waals surface area contributed by atoms with Crippen LogP contribution in [0.2, 0.25) is 0 Å². The van der Waals surface area contributed by atoms with E-state index in [9.17, 15) is 17.6 Å². The van der Waals surface area contributed by atoms with E-state index in [4.69, 9.17) is 4.74 Å². The summed E-state index contributed by atoms with van der Waals surface area (Å²) < 4.78 is 45.7. The molecule has 0 radical (unpaired) electrons. The van der Waals surface area contributed by atoms with Crippen LogP contribution in [0, 0.1) is 11.7 Å². The molecule has 0 saturated carbocycles. The normalized spacial score (nSPS) is 17.9. The number of sulfonamides is 1. The maximum atomic E-state index is 13.1. The number of hydrogen-bond donors (Lipinski definition) is 0. The largest absolute Gasteiger partial charge is 0.494 e. The molecule has 0 aromatic heterocycles. The monoisotopic (exact) mass is 446 g/mol. The molecule has 1 amide bonds. The van der Waals surface area contributed by atoms with E-state index < -0.39 is 15.8 Å². The molecular weight excluding hydrogens is 419 g/mol. The van der Waals surface area contributed by atoms with E-state index >= 15 is 0 Å². The number of hydrogen-bond acceptors (Lipinski definition) is 4. The van der Waals surface area contributed by atoms with E-state index in [0.29, 0.717) is 32.5 Å². The van der Waals surface area contributed by atoms with E-state index in [1.807, 2.05) is 24.0 Å². The summed E-state index contributed by atoms with van der Waals surface area (Å²) in [6.45, 7) is 4.35. The average molecular weight is 447 g/mol. The minimum absolute atomic E-state index is 0.0800. The molecule has 31 heavy (non-hydrogen) atoms. The number of amides is 1. The van der Waals surface area contributed by atoms with Crippen LogP contribution in [0.4, 0.5) is 4.39 Å². The number of ether oxygens (including phenoxy) is 1. The van der Waals surface area contributed by atoms with E-state index in [1.165, 1.54) is 22.0 Å². The van der Waals surface area contributed by atoms with Gasteiger partial charge in [-0.25, -0.2) is 12.8 Å². The van der Waals surface area contributed by atoms with Crippen molar-refractivity contribution in [1.29, 1.82) is 0 Å². The second-order valence-corrected chi connectivity index (χ2v) is 9.94. The zero-order valence-electron chi connectivity index (χ0n) is 17.6. The van der Waals surface area contributed by atoms with Crippen molar-refractivity contribution in [2.45, 2.75) is 37.6 Å². The summed E-state index contributed by atoms with van der Waals surface area (Å²) in [6.07, 6.45) is 1.79. The van der Waals surface area contributed by atoms with Crippen molar-refractivity contribution in [1.82, 2.24) is 9.21 Å². The van der Waals surface area contributed by atoms with Gasteiger partial charge in [0.15, 0.2) is 0 Å². The van der Waals surface area contributed by atoms with Crippen LogP contribution in [-0.2, 0) is 27.8 Å². The number of halogens is 1. The average Bonchev–Trinajstić information content (AvgIpc) is 2.79. The lowest BCUT2D eigenvalue weighted by Crippen LogP contribution is -2.45. The minimum Gasteiger partial charge on any atom is -0.494 e. The van der Waals surface area contributed by atoms with Gasteiger partial charge in [0.25, 0.3) is 0 Å². The maximum Gasteiger partial charge on any atom is 0.243 e. The molecule has 2 aromatic rings. The van der Waals surface area contributed by atoms with Crippen molar-refractivity contribution in [2.24, 2.45) is 5.92 Å². The third-order valence-corrected chi connectivity index (χ3v) is 7.98. The van der Waals surface area contributed by atoms with E-state index in [-0.39, 0.29) is 29.8 Å². The molecule has 0 unspecified atom stereocenters. The molecule has 0 spiro atoms. The van der Waals surface area contributed by atoms with Crippen molar-refractivity contribution < 1.29 is 22.3 Å². The summed E-state index contributed by atoms with van der Waals surface area (Å²) in [5.74, 6) is 0.247. The molecule has 1 saturated heterocycles. The first-order chi connectivity index (χ1) is 14.9. The van der Waals surface area contributed by atoms with Crippen LogP contribution in [0.3, 0.4) is 0 Å². The van der Waals surface area contributed by atoms with Gasteiger partial charge in [-0.05, 0) is 73.7 Å². The highest BCUT2D eigenvalue weighted by molar-refractivity contribution is 7.89. The SMILES string of the molecule is CCOc1ccc2c(c1)CN(C(=O)C1CCN(S(=O)(=O)c3ccc(F)cc3)CC1)CC2. The summed E-state index contributed by atoms with van der Waals surface area (Å²) in [7, 11) is -3.68. The Kier molecular flexibility index (Phi) is 6.29. The fourth-order valence-electron chi connectivity index (χ4n) is 4.33. The zero-order valence-corrected chi connectivity index (χ0v) is 18.4. The molecule has 6 nitrogen and oxygen atoms in total. The second-order valence-electron chi connectivity index (χ2n) is 8.01. The molecule has 2 aromatic carbocycles. The minimum atomic E-state index is -3.68. The van der Waals surface area contributed by atoms with Crippen molar-refractivity contribution in [3.63, 3.8) is 0 Å². The number of carbonyl (C=O) groups excluding carboxylic acids is 1. The highest BCUT2D eigenvalue weighted by Crippen LogP contribution is 2.29. The Balaban J connectivity index is 1.38. The van der Waals surface area contributed by atoms with Gasteiger partial charge in [0.05, 0.1) is 11.5 Å². The lowest BCUT2D eigenvalue weighted by molar-refractivity contribution is -0.137. The molecule has 4 rings (SSSR count). The molecule has 0 bridgehead atoms. The van der Waals surface area contributed by atoms with Gasteiger partial charge in [0.1, 0.15) is 11.6 Å². The molecule has 8 heteroatoms. The van der Waals surface area contributed by atoms with Crippen molar-refractivity contribution in [2.75, 3.05) is 26.2 Å². The molecule has 2 aliphatic heterocycles. The van der Waals surface area contributed by atoms with Gasteiger partial charge in [0.2, 0.25) is 15.9 Å². The van der Waals surface area contributed by atoms with Gasteiger partial charge < -0.3 is 9.64 Å². The van der Waals surface area contributed by atoms with Crippen molar-refractivity contribution >= 4 is 15.9 Å². The molecule has 2 aliphatic rings. The highest BCUT2D eigenvalue weighted by atomic mass is 32.2. The van der Waals surface area contributed by atoms with Gasteiger partial charge >= 0.3 is 0 Å². The van der Waals surface area contributed by atoms with E-state index in [2.05, 4.69) is 6.07 Å². The Labute approximate surface area is 182 Å². The molecule has 2 heterocycles. The summed E-state index contributed by atoms with van der Waals surface area (Å²) in [6, 6.07) is 10.9. The van der Waals surface area contributed by atoms with Crippen LogP contribution in [-0.4, -0.2) is 49.8 Å². The first-order valence-corrected chi connectivity index (χ1v) is 12.1. The van der Waals surface area contributed by atoms with Crippen LogP contribution >= 0.6 is 0 Å². The number of piperidine rings is 1. The highest BCUT2D eigenvalue weighted by Gasteiger charge is 2.34. The smallest absolute Gasteiger partial charge is 0.243 e. The number of nitrogens with zero attached hydrogens (tertiary/aromatic N) is 2. The summed E-state index contributed by atoms with van der Waals surface area (Å²) >= 11 is 0. The van der Waals surface area contributed by atoms with E-state index in [1.54, 1.807) is 0 Å². The van der Waals surface area contributed by atoms with Gasteiger partial charge in [0, 0.05) is 32.1 Å². The third-order valence-electron chi connectivity index (χ3n) is 6.07. The first-order valence-electron chi connectivity index (χ1n) is 10.7. The lowest BCUT2D eigenvalue weighted by atomic mass is 9.93. The topological polar surface area (TPSA) is 66.9 Å². The summed E-state index contributed by atoms with van der Waals surface area (Å²) in [4.78, 5) is 15.1. The van der Waals surface area contributed by atoms with Gasteiger partial charge in [-0.2, -0.15) is 4.31 Å². The van der Waals surface area contributed by atoms with Crippen LogP contribution in [0.25, 0.3) is 0 Å². The van der Waals surface area contributed by atoms with Crippen LogP contribution in [0.1, 0.15) is 30.9 Å². The standard InChI is InChI=1S/C23H27FN2O4S/c1-2-30-21-6-3-17-9-12-25(16-19(17)15-21)23(27)18-10-13-26(14-11-18)31(28,29)22-7-4-20(24)5-8-22/h3-8,15,18H,2,9-14,16H2,1H3. The predicted molar refractivity (Wildman–Crippen MR) is 115 cm³/mol. The molecule has 0 N–H and O–H groups in total. The third kappa shape index (κ3) is 4.60.